The summed E-state index contributed by atoms with van der Waals surface area (Å²) in [5.41, 5.74) is 3.47. The number of carbonyl (C=O) groups excluding carboxylic acids is 2. The number of anilines is 1. The average molecular weight is 484 g/mol. The Kier molecular flexibility index (Phi) is 7.64. The van der Waals surface area contributed by atoms with Gasteiger partial charge in [-0.1, -0.05) is 18.6 Å². The molecule has 0 aliphatic carbocycles. The number of thiophene rings is 1. The highest BCUT2D eigenvalue weighted by molar-refractivity contribution is 8.00. The van der Waals surface area contributed by atoms with E-state index in [0.717, 1.165) is 40.3 Å². The van der Waals surface area contributed by atoms with Crippen LogP contribution >= 0.6 is 23.1 Å². The first-order valence-corrected chi connectivity index (χ1v) is 12.5. The second kappa shape index (κ2) is 10.8. The molecule has 1 fully saturated rings. The van der Waals surface area contributed by atoms with Crippen molar-refractivity contribution in [2.75, 3.05) is 17.7 Å². The van der Waals surface area contributed by atoms with Crippen LogP contribution in [0.4, 0.5) is 5.69 Å². The number of aromatic nitrogens is 1. The number of hydrogen-bond donors (Lipinski definition) is 3. The van der Waals surface area contributed by atoms with Gasteiger partial charge in [0.25, 0.3) is 5.91 Å². The molecule has 4 rings (SSSR count). The van der Waals surface area contributed by atoms with Crippen LogP contribution in [0.3, 0.4) is 0 Å². The van der Waals surface area contributed by atoms with Gasteiger partial charge in [-0.2, -0.15) is 0 Å². The maximum absolute atomic E-state index is 12.3. The summed E-state index contributed by atoms with van der Waals surface area (Å²) in [6.07, 6.45) is 6.57. The molecule has 2 aromatic heterocycles. The summed E-state index contributed by atoms with van der Waals surface area (Å²) in [5, 5.41) is 11.9. The summed E-state index contributed by atoms with van der Waals surface area (Å²) in [6, 6.07) is 15.2. The molecule has 3 heterocycles. The number of nitrogens with zero attached hydrogens (tertiary/aromatic N) is 1. The second-order valence-corrected chi connectivity index (χ2v) is 10.3. The molecule has 9 heteroatoms. The zero-order valence-corrected chi connectivity index (χ0v) is 19.6. The van der Waals surface area contributed by atoms with E-state index in [0.29, 0.717) is 11.4 Å². The largest absolute Gasteiger partial charge is 0.484 e. The minimum absolute atomic E-state index is 0.0932. The van der Waals surface area contributed by atoms with Gasteiger partial charge in [0.1, 0.15) is 5.75 Å². The van der Waals surface area contributed by atoms with Gasteiger partial charge < -0.3 is 10.1 Å². The Morgan fingerprint density at radius 1 is 1.09 bits per heavy atom. The van der Waals surface area contributed by atoms with Crippen LogP contribution in [0.15, 0.2) is 60.9 Å². The van der Waals surface area contributed by atoms with Gasteiger partial charge in [0, 0.05) is 34.3 Å². The maximum atomic E-state index is 12.3. The molecule has 0 radical (unpaired) electrons. The van der Waals surface area contributed by atoms with Crippen molar-refractivity contribution >= 4 is 40.6 Å². The maximum Gasteiger partial charge on any atom is 0.262 e. The Morgan fingerprint density at radius 3 is 2.70 bits per heavy atom. The Balaban J connectivity index is 1.46. The third-order valence-corrected chi connectivity index (χ3v) is 8.51. The number of carbonyl (C=O) groups is 2. The predicted molar refractivity (Wildman–Crippen MR) is 131 cm³/mol. The topological polar surface area (TPSA) is 101 Å². The highest BCUT2D eigenvalue weighted by Crippen LogP contribution is 2.50. The monoisotopic (exact) mass is 483 g/mol. The van der Waals surface area contributed by atoms with E-state index in [1.807, 2.05) is 24.3 Å². The molecule has 2 amide bonds. The van der Waals surface area contributed by atoms with Crippen molar-refractivity contribution < 1.29 is 19.5 Å². The molecule has 33 heavy (non-hydrogen) atoms. The van der Waals surface area contributed by atoms with Gasteiger partial charge >= 0.3 is 0 Å². The van der Waals surface area contributed by atoms with E-state index in [2.05, 4.69) is 22.4 Å². The number of benzene rings is 1. The van der Waals surface area contributed by atoms with E-state index >= 15 is 0 Å². The molecule has 7 nitrogen and oxygen atoms in total. The molecule has 3 N–H and O–H groups in total. The number of hydroxylamine groups is 1. The molecule has 172 valence electrons. The highest BCUT2D eigenvalue weighted by Gasteiger charge is 2.38. The van der Waals surface area contributed by atoms with Gasteiger partial charge in [-0.05, 0) is 60.6 Å². The number of nitrogens with one attached hydrogen (secondary N) is 2. The zero-order valence-electron chi connectivity index (χ0n) is 18.0. The van der Waals surface area contributed by atoms with Crippen LogP contribution < -0.4 is 15.5 Å². The molecular weight excluding hydrogens is 458 g/mol. The molecule has 3 aromatic rings. The van der Waals surface area contributed by atoms with E-state index in [4.69, 9.17) is 9.94 Å². The lowest BCUT2D eigenvalue weighted by Gasteiger charge is -2.35. The van der Waals surface area contributed by atoms with Crippen molar-refractivity contribution in [1.29, 1.82) is 0 Å². The first-order valence-electron chi connectivity index (χ1n) is 10.7. The van der Waals surface area contributed by atoms with Crippen LogP contribution in [0.25, 0.3) is 10.4 Å². The van der Waals surface area contributed by atoms with Crippen LogP contribution in [0.5, 0.6) is 5.75 Å². The smallest absolute Gasteiger partial charge is 0.262 e. The standard InChI is InChI=1S/C24H25N3O4S2/c28-22(27-30)15-24(10-1-2-13-32-24)21-7-6-20(33-21)17-4-3-5-18(14-17)26-23(29)16-31-19-8-11-25-12-9-19/h3-9,11-12,14,30H,1-2,10,13,15-16H2,(H,26,29)(H,27,28)/t24-/m0/s1. The van der Waals surface area contributed by atoms with Crippen LogP contribution in [0.2, 0.25) is 0 Å². The molecule has 1 aliphatic heterocycles. The lowest BCUT2D eigenvalue weighted by atomic mass is 9.94. The molecule has 1 saturated heterocycles. The normalized spacial score (nSPS) is 17.8. The number of ether oxygens (including phenoxy) is 1. The van der Waals surface area contributed by atoms with Crippen molar-refractivity contribution in [2.45, 2.75) is 30.4 Å². The SMILES string of the molecule is O=C(C[C@]1(c2ccc(-c3cccc(NC(=O)COc4ccncc4)c3)s2)CCCCS1)NO. The van der Waals surface area contributed by atoms with Gasteiger partial charge in [-0.3, -0.25) is 19.8 Å². The Bertz CT molecular complexity index is 1100. The molecule has 1 atom stereocenters. The van der Waals surface area contributed by atoms with E-state index in [9.17, 15) is 9.59 Å². The lowest BCUT2D eigenvalue weighted by Crippen LogP contribution is -2.32. The van der Waals surface area contributed by atoms with Crippen molar-refractivity contribution in [3.05, 3.63) is 65.8 Å². The van der Waals surface area contributed by atoms with Gasteiger partial charge in [0.2, 0.25) is 5.91 Å². The van der Waals surface area contributed by atoms with E-state index < -0.39 is 0 Å². The van der Waals surface area contributed by atoms with Crippen LogP contribution in [-0.4, -0.2) is 34.4 Å². The Labute approximate surface area is 200 Å². The molecule has 0 bridgehead atoms. The average Bonchev–Trinajstić information content (AvgIpc) is 3.35. The summed E-state index contributed by atoms with van der Waals surface area (Å²) in [4.78, 5) is 30.4. The molecule has 0 unspecified atom stereocenters. The summed E-state index contributed by atoms with van der Waals surface area (Å²) in [6.45, 7) is -0.0932. The predicted octanol–water partition coefficient (Wildman–Crippen LogP) is 4.84. The first kappa shape index (κ1) is 23.3. The van der Waals surface area contributed by atoms with Crippen molar-refractivity contribution in [2.24, 2.45) is 0 Å². The summed E-state index contributed by atoms with van der Waals surface area (Å²) < 4.78 is 5.16. The summed E-state index contributed by atoms with van der Waals surface area (Å²) in [5.74, 6) is 0.973. The summed E-state index contributed by atoms with van der Waals surface area (Å²) in [7, 11) is 0. The van der Waals surface area contributed by atoms with E-state index in [1.54, 1.807) is 53.1 Å². The quantitative estimate of drug-likeness (QED) is 0.313. The van der Waals surface area contributed by atoms with Crippen LogP contribution in [0.1, 0.15) is 30.6 Å². The molecule has 0 saturated carbocycles. The zero-order chi connectivity index (χ0) is 23.1. The first-order chi connectivity index (χ1) is 16.1. The van der Waals surface area contributed by atoms with Crippen molar-refractivity contribution in [3.63, 3.8) is 0 Å². The van der Waals surface area contributed by atoms with Crippen LogP contribution in [0, 0.1) is 0 Å². The lowest BCUT2D eigenvalue weighted by molar-refractivity contribution is -0.129. The third kappa shape index (κ3) is 5.93. The van der Waals surface area contributed by atoms with Gasteiger partial charge in [-0.25, -0.2) is 5.48 Å². The fourth-order valence-electron chi connectivity index (χ4n) is 3.84. The number of thioether (sulfide) groups is 1. The minimum atomic E-state index is -0.363. The van der Waals surface area contributed by atoms with Crippen molar-refractivity contribution in [3.8, 4) is 16.2 Å². The highest BCUT2D eigenvalue weighted by atomic mass is 32.2. The Hall–Kier alpha value is -2.88. The number of pyridine rings is 1. The molecule has 1 aromatic carbocycles. The number of hydrogen-bond acceptors (Lipinski definition) is 7. The number of rotatable bonds is 8. The molecular formula is C24H25N3O4S2. The fourth-order valence-corrected chi connectivity index (χ4v) is 6.73. The fraction of sp³-hybridized carbons (Fsp3) is 0.292. The Morgan fingerprint density at radius 2 is 1.94 bits per heavy atom. The number of amides is 2. The third-order valence-electron chi connectivity index (χ3n) is 5.43. The molecule has 1 aliphatic rings. The second-order valence-electron chi connectivity index (χ2n) is 7.78. The molecule has 0 spiro atoms. The van der Waals surface area contributed by atoms with Gasteiger partial charge in [0.15, 0.2) is 6.61 Å². The van der Waals surface area contributed by atoms with Gasteiger partial charge in [0.05, 0.1) is 4.75 Å². The van der Waals surface area contributed by atoms with Crippen LogP contribution in [-0.2, 0) is 14.3 Å². The van der Waals surface area contributed by atoms with Crippen molar-refractivity contribution in [1.82, 2.24) is 10.5 Å². The van der Waals surface area contributed by atoms with E-state index in [1.165, 1.54) is 0 Å². The van der Waals surface area contributed by atoms with E-state index in [-0.39, 0.29) is 29.6 Å². The van der Waals surface area contributed by atoms with Gasteiger partial charge in [-0.15, -0.1) is 23.1 Å². The minimum Gasteiger partial charge on any atom is -0.484 e. The summed E-state index contributed by atoms with van der Waals surface area (Å²) >= 11 is 3.45.